The predicted molar refractivity (Wildman–Crippen MR) is 171 cm³/mol. The Bertz CT molecular complexity index is 1860. The molecular formula is C33H34F2N6O4S. The first-order valence-electron chi connectivity index (χ1n) is 15.3. The number of pyridine rings is 1. The molecule has 3 unspecified atom stereocenters. The minimum atomic E-state index is -0.783. The largest absolute Gasteiger partial charge is 0.490 e. The molecule has 46 heavy (non-hydrogen) atoms. The highest BCUT2D eigenvalue weighted by Crippen LogP contribution is 2.54. The van der Waals surface area contributed by atoms with Gasteiger partial charge in [-0.3, -0.25) is 14.3 Å². The highest BCUT2D eigenvalue weighted by atomic mass is 32.1. The highest BCUT2D eigenvalue weighted by Gasteiger charge is 2.59. The Hall–Kier alpha value is -4.36. The summed E-state index contributed by atoms with van der Waals surface area (Å²) >= 11 is 1.43. The molecular weight excluding hydrogens is 614 g/mol. The Labute approximate surface area is 268 Å². The van der Waals surface area contributed by atoms with E-state index in [9.17, 15) is 14.0 Å². The number of thiophene rings is 1. The van der Waals surface area contributed by atoms with Crippen LogP contribution < -0.4 is 15.0 Å². The lowest BCUT2D eigenvalue weighted by Crippen LogP contribution is -2.40. The third kappa shape index (κ3) is 4.92. The molecule has 10 nitrogen and oxygen atoms in total. The molecule has 13 heteroatoms. The zero-order valence-corrected chi connectivity index (χ0v) is 26.6. The first-order chi connectivity index (χ1) is 22.2. The van der Waals surface area contributed by atoms with E-state index in [1.54, 1.807) is 11.9 Å². The quantitative estimate of drug-likeness (QED) is 0.208. The maximum absolute atomic E-state index is 16.0. The van der Waals surface area contributed by atoms with Crippen LogP contribution in [0.25, 0.3) is 32.6 Å². The van der Waals surface area contributed by atoms with E-state index < -0.39 is 11.6 Å². The lowest BCUT2D eigenvalue weighted by molar-refractivity contribution is -0.129. The SMILES string of the molecule is C=CC(=O)N1CCn2nc(-c3nc(N4CC5C(C4)C5C(=O)NC)c4ccsc4c3-c3c(F)cc(F)cc3OCCOC)cc2C1C. The number of fused-ring (bicyclic) bond motifs is 3. The van der Waals surface area contributed by atoms with Crippen LogP contribution in [0.2, 0.25) is 0 Å². The molecule has 1 saturated carbocycles. The van der Waals surface area contributed by atoms with Crippen molar-refractivity contribution in [1.82, 2.24) is 25.0 Å². The summed E-state index contributed by atoms with van der Waals surface area (Å²) in [6.45, 7) is 8.17. The molecule has 1 saturated heterocycles. The van der Waals surface area contributed by atoms with Crippen LogP contribution in [0.3, 0.4) is 0 Å². The number of amides is 2. The Morgan fingerprint density at radius 3 is 2.65 bits per heavy atom. The molecule has 1 aliphatic carbocycles. The molecule has 7 rings (SSSR count). The molecule has 0 radical (unpaired) electrons. The van der Waals surface area contributed by atoms with Gasteiger partial charge in [0, 0.05) is 67.5 Å². The minimum Gasteiger partial charge on any atom is -0.490 e. The van der Waals surface area contributed by atoms with Crippen molar-refractivity contribution in [3.8, 4) is 28.3 Å². The van der Waals surface area contributed by atoms with E-state index in [0.29, 0.717) is 43.1 Å². The molecule has 5 heterocycles. The third-order valence-electron chi connectivity index (χ3n) is 9.40. The van der Waals surface area contributed by atoms with E-state index in [1.807, 2.05) is 29.1 Å². The molecule has 2 fully saturated rings. The van der Waals surface area contributed by atoms with Crippen molar-refractivity contribution in [3.05, 3.63) is 59.6 Å². The van der Waals surface area contributed by atoms with Gasteiger partial charge in [0.15, 0.2) is 0 Å². The Morgan fingerprint density at radius 1 is 1.15 bits per heavy atom. The molecule has 2 aliphatic heterocycles. The molecule has 2 amide bonds. The third-order valence-corrected chi connectivity index (χ3v) is 10.3. The smallest absolute Gasteiger partial charge is 0.246 e. The Balaban J connectivity index is 1.40. The van der Waals surface area contributed by atoms with Gasteiger partial charge >= 0.3 is 0 Å². The van der Waals surface area contributed by atoms with Crippen molar-refractivity contribution in [2.24, 2.45) is 17.8 Å². The monoisotopic (exact) mass is 648 g/mol. The van der Waals surface area contributed by atoms with Crippen LogP contribution in [0, 0.1) is 29.4 Å². The van der Waals surface area contributed by atoms with Crippen molar-refractivity contribution >= 4 is 39.1 Å². The van der Waals surface area contributed by atoms with E-state index in [-0.39, 0.29) is 60.1 Å². The van der Waals surface area contributed by atoms with Crippen molar-refractivity contribution in [2.45, 2.75) is 19.5 Å². The Morgan fingerprint density at radius 2 is 1.93 bits per heavy atom. The fraction of sp³-hybridized carbons (Fsp3) is 0.394. The van der Waals surface area contributed by atoms with Crippen LogP contribution in [-0.2, 0) is 20.9 Å². The van der Waals surface area contributed by atoms with E-state index in [1.165, 1.54) is 30.6 Å². The lowest BCUT2D eigenvalue weighted by Gasteiger charge is -2.33. The van der Waals surface area contributed by atoms with Gasteiger partial charge < -0.3 is 24.6 Å². The molecule has 4 aromatic rings. The minimum absolute atomic E-state index is 0.000604. The van der Waals surface area contributed by atoms with Crippen LogP contribution in [0.1, 0.15) is 18.7 Å². The molecule has 1 N–H and O–H groups in total. The number of hydrogen-bond donors (Lipinski definition) is 1. The van der Waals surface area contributed by atoms with Gasteiger partial charge in [-0.05, 0) is 42.3 Å². The topological polar surface area (TPSA) is 102 Å². The maximum Gasteiger partial charge on any atom is 0.246 e. The van der Waals surface area contributed by atoms with Gasteiger partial charge in [-0.2, -0.15) is 5.10 Å². The molecule has 0 spiro atoms. The normalized spacial score (nSPS) is 21.7. The van der Waals surface area contributed by atoms with Crippen LogP contribution in [-0.4, -0.2) is 78.5 Å². The summed E-state index contributed by atoms with van der Waals surface area (Å²) in [6, 6.07) is 5.59. The van der Waals surface area contributed by atoms with Gasteiger partial charge in [0.05, 0.1) is 30.5 Å². The second kappa shape index (κ2) is 11.8. The van der Waals surface area contributed by atoms with Crippen LogP contribution in [0.15, 0.2) is 42.3 Å². The van der Waals surface area contributed by atoms with E-state index in [0.717, 1.165) is 27.7 Å². The van der Waals surface area contributed by atoms with Crippen molar-refractivity contribution in [2.75, 3.05) is 51.9 Å². The lowest BCUT2D eigenvalue weighted by atomic mass is 9.98. The average molecular weight is 649 g/mol. The highest BCUT2D eigenvalue weighted by molar-refractivity contribution is 7.18. The fourth-order valence-corrected chi connectivity index (χ4v) is 8.04. The first kappa shape index (κ1) is 30.3. The summed E-state index contributed by atoms with van der Waals surface area (Å²) in [4.78, 5) is 34.1. The molecule has 3 aromatic heterocycles. The molecule has 1 aromatic carbocycles. The number of halogens is 2. The number of carbonyl (C=O) groups is 2. The number of rotatable bonds is 9. The molecule has 3 aliphatic rings. The van der Waals surface area contributed by atoms with E-state index in [2.05, 4.69) is 16.8 Å². The van der Waals surface area contributed by atoms with Gasteiger partial charge in [0.25, 0.3) is 0 Å². The fourth-order valence-electron chi connectivity index (χ4n) is 7.10. The maximum atomic E-state index is 16.0. The number of benzene rings is 1. The first-order valence-corrected chi connectivity index (χ1v) is 16.1. The predicted octanol–water partition coefficient (Wildman–Crippen LogP) is 4.65. The van der Waals surface area contributed by atoms with Gasteiger partial charge in [-0.25, -0.2) is 13.8 Å². The van der Waals surface area contributed by atoms with Gasteiger partial charge in [-0.15, -0.1) is 11.3 Å². The number of nitrogens with zero attached hydrogens (tertiary/aromatic N) is 5. The second-order valence-corrected chi connectivity index (χ2v) is 12.8. The number of anilines is 1. The summed E-state index contributed by atoms with van der Waals surface area (Å²) in [5.41, 5.74) is 2.27. The van der Waals surface area contributed by atoms with Gasteiger partial charge in [0.2, 0.25) is 11.8 Å². The summed E-state index contributed by atoms with van der Waals surface area (Å²) in [5, 5.41) is 10.5. The summed E-state index contributed by atoms with van der Waals surface area (Å²) < 4.78 is 44.3. The van der Waals surface area contributed by atoms with Crippen LogP contribution in [0.4, 0.5) is 14.6 Å². The number of methoxy groups -OCH3 is 1. The van der Waals surface area contributed by atoms with Gasteiger partial charge in [-0.1, -0.05) is 6.58 Å². The number of nitrogens with one attached hydrogen (secondary N) is 1. The van der Waals surface area contributed by atoms with Gasteiger partial charge in [0.1, 0.15) is 41.2 Å². The van der Waals surface area contributed by atoms with Crippen molar-refractivity contribution < 1.29 is 27.8 Å². The molecule has 3 atom stereocenters. The number of carbonyl (C=O) groups excluding carboxylic acids is 2. The van der Waals surface area contributed by atoms with Crippen molar-refractivity contribution in [3.63, 3.8) is 0 Å². The summed E-state index contributed by atoms with van der Waals surface area (Å²) in [6.07, 6.45) is 1.30. The van der Waals surface area contributed by atoms with Crippen molar-refractivity contribution in [1.29, 1.82) is 0 Å². The van der Waals surface area contributed by atoms with E-state index in [4.69, 9.17) is 19.6 Å². The number of piperidine rings is 1. The van der Waals surface area contributed by atoms with E-state index >= 15 is 4.39 Å². The van der Waals surface area contributed by atoms with Crippen LogP contribution in [0.5, 0.6) is 5.75 Å². The number of hydrogen-bond acceptors (Lipinski definition) is 8. The average Bonchev–Trinajstić information content (AvgIpc) is 3.49. The summed E-state index contributed by atoms with van der Waals surface area (Å²) in [7, 11) is 3.19. The second-order valence-electron chi connectivity index (χ2n) is 11.9. The zero-order chi connectivity index (χ0) is 32.3. The molecule has 0 bridgehead atoms. The number of ether oxygens (including phenoxy) is 2. The standard InChI is InChI=1S/C33H34F2N6O4S/c1-5-26(42)40-7-8-41-24(17(40)2)14-23(38-41)30-29(28-22(35)12-18(34)13-25(28)45-10-9-44-4)31-19(6-11-46-31)32(37-30)39-15-20-21(16-39)27(20)33(43)36-3/h5-6,11-14,17,20-21,27H,1,7-10,15-16H2,2-4H3,(H,36,43). The summed E-state index contributed by atoms with van der Waals surface area (Å²) in [5.74, 6) is -0.408. The Kier molecular flexibility index (Phi) is 7.76. The molecule has 240 valence electrons. The van der Waals surface area contributed by atoms with Crippen LogP contribution >= 0.6 is 11.3 Å². The zero-order valence-electron chi connectivity index (χ0n) is 25.8. The number of aromatic nitrogens is 3.